The Morgan fingerprint density at radius 1 is 0.800 bits per heavy atom. The first kappa shape index (κ1) is 22.6. The molecular formula is C15H35O3PS. The molecule has 0 N–H and O–H groups in total. The minimum Gasteiger partial charge on any atom is -0.748 e. The highest BCUT2D eigenvalue weighted by Gasteiger charge is 2.29. The summed E-state index contributed by atoms with van der Waals surface area (Å²) in [6.07, 6.45) is 15.4. The van der Waals surface area contributed by atoms with Crippen LogP contribution >= 0.6 is 7.26 Å². The van der Waals surface area contributed by atoms with Crippen molar-refractivity contribution in [1.82, 2.24) is 0 Å². The molecule has 0 aromatic heterocycles. The second-order valence-electron chi connectivity index (χ2n) is 5.49. The molecule has 0 amide bonds. The van der Waals surface area contributed by atoms with E-state index in [1.54, 1.807) is 6.16 Å². The van der Waals surface area contributed by atoms with E-state index < -0.39 is 17.4 Å². The molecule has 0 heterocycles. The fourth-order valence-electron chi connectivity index (χ4n) is 2.37. The molecule has 0 spiro atoms. The van der Waals surface area contributed by atoms with E-state index in [-0.39, 0.29) is 0 Å². The van der Waals surface area contributed by atoms with Crippen molar-refractivity contribution in [1.29, 1.82) is 0 Å². The molecule has 0 saturated carbocycles. The lowest BCUT2D eigenvalue weighted by molar-refractivity contribution is 0.470. The van der Waals surface area contributed by atoms with Crippen LogP contribution in [0.2, 0.25) is 0 Å². The van der Waals surface area contributed by atoms with Gasteiger partial charge in [0.25, 0.3) is 0 Å². The summed E-state index contributed by atoms with van der Waals surface area (Å²) < 4.78 is 27.2. The van der Waals surface area contributed by atoms with Gasteiger partial charge in [-0.05, 0) is 33.6 Å². The summed E-state index contributed by atoms with van der Waals surface area (Å²) in [6, 6.07) is 0. The lowest BCUT2D eigenvalue weighted by Crippen LogP contribution is -2.07. The molecule has 0 rings (SSSR count). The fourth-order valence-corrected chi connectivity index (χ4v) is 5.56. The van der Waals surface area contributed by atoms with Gasteiger partial charge in [-0.25, -0.2) is 8.42 Å². The molecule has 20 heavy (non-hydrogen) atoms. The van der Waals surface area contributed by atoms with Crippen LogP contribution < -0.4 is 0 Å². The second kappa shape index (κ2) is 13.0. The molecule has 0 saturated heterocycles. The highest BCUT2D eigenvalue weighted by molar-refractivity contribution is 7.84. The first-order valence-electron chi connectivity index (χ1n) is 8.00. The molecule has 0 aliphatic heterocycles. The summed E-state index contributed by atoms with van der Waals surface area (Å²) >= 11 is 0. The Kier molecular flexibility index (Phi) is 14.7. The standard InChI is InChI=1S/C14H32P.CH4O3S/c1-5-9-10-11-12-13-14-15(6-2,7-3)8-4;1-5(2,3)4/h5-14H2,1-4H3;1H3,(H,2,3,4)/q+1;/p-1. The van der Waals surface area contributed by atoms with Crippen molar-refractivity contribution in [3.63, 3.8) is 0 Å². The molecule has 0 aliphatic carbocycles. The van der Waals surface area contributed by atoms with E-state index in [1.807, 2.05) is 0 Å². The van der Waals surface area contributed by atoms with Crippen LogP contribution in [-0.4, -0.2) is 43.9 Å². The summed E-state index contributed by atoms with van der Waals surface area (Å²) in [5.74, 6) is 0. The Balaban J connectivity index is 0. The summed E-state index contributed by atoms with van der Waals surface area (Å²) in [5, 5.41) is 0. The van der Waals surface area contributed by atoms with Crippen LogP contribution in [0.15, 0.2) is 0 Å². The maximum Gasteiger partial charge on any atom is 0.0916 e. The molecule has 0 aromatic carbocycles. The maximum absolute atomic E-state index is 9.08. The van der Waals surface area contributed by atoms with E-state index in [0.717, 1.165) is 0 Å². The van der Waals surface area contributed by atoms with Gasteiger partial charge in [0.1, 0.15) is 0 Å². The predicted molar refractivity (Wildman–Crippen MR) is 92.4 cm³/mol. The van der Waals surface area contributed by atoms with Gasteiger partial charge < -0.3 is 4.55 Å². The molecule has 0 atom stereocenters. The molecule has 0 bridgehead atoms. The van der Waals surface area contributed by atoms with Gasteiger partial charge in [-0.15, -0.1) is 0 Å². The van der Waals surface area contributed by atoms with Crippen molar-refractivity contribution < 1.29 is 13.0 Å². The third-order valence-corrected chi connectivity index (χ3v) is 9.29. The van der Waals surface area contributed by atoms with Crippen molar-refractivity contribution in [2.45, 2.75) is 66.2 Å². The topological polar surface area (TPSA) is 57.2 Å². The summed E-state index contributed by atoms with van der Waals surface area (Å²) in [6.45, 7) is 9.54. The molecular weight excluding hydrogens is 291 g/mol. The first-order chi connectivity index (χ1) is 9.24. The number of hydrogen-bond acceptors (Lipinski definition) is 3. The molecule has 0 aliphatic rings. The van der Waals surface area contributed by atoms with Crippen LogP contribution in [0.5, 0.6) is 0 Å². The lowest BCUT2D eigenvalue weighted by Gasteiger charge is -2.23. The summed E-state index contributed by atoms with van der Waals surface area (Å²) in [5.41, 5.74) is 0. The third-order valence-electron chi connectivity index (χ3n) is 4.00. The molecule has 5 heteroatoms. The van der Waals surface area contributed by atoms with Crippen LogP contribution in [-0.2, 0) is 10.1 Å². The SMILES string of the molecule is CCCCCCCC[P+](CC)(CC)CC.CS(=O)(=O)[O-]. The minimum atomic E-state index is -3.92. The van der Waals surface area contributed by atoms with Gasteiger partial charge in [-0.3, -0.25) is 0 Å². The predicted octanol–water partition coefficient (Wildman–Crippen LogP) is 4.59. The first-order valence-corrected chi connectivity index (χ1v) is 12.3. The Hall–Kier alpha value is 0.340. The minimum absolute atomic E-state index is 0.494. The quantitative estimate of drug-likeness (QED) is 0.335. The second-order valence-corrected chi connectivity index (χ2v) is 11.9. The van der Waals surface area contributed by atoms with Crippen LogP contribution in [0.1, 0.15) is 66.2 Å². The van der Waals surface area contributed by atoms with Gasteiger partial charge in [0.2, 0.25) is 0 Å². The smallest absolute Gasteiger partial charge is 0.0916 e. The highest BCUT2D eigenvalue weighted by Crippen LogP contribution is 2.58. The van der Waals surface area contributed by atoms with Gasteiger partial charge in [0, 0.05) is 13.5 Å². The van der Waals surface area contributed by atoms with Gasteiger partial charge in [-0.1, -0.05) is 32.6 Å². The van der Waals surface area contributed by atoms with Crippen molar-refractivity contribution >= 4 is 17.4 Å². The molecule has 0 aromatic rings. The van der Waals surface area contributed by atoms with E-state index >= 15 is 0 Å². The molecule has 3 nitrogen and oxygen atoms in total. The number of hydrogen-bond donors (Lipinski definition) is 0. The van der Waals surface area contributed by atoms with Crippen LogP contribution in [0.3, 0.4) is 0 Å². The van der Waals surface area contributed by atoms with Gasteiger partial charge in [0.05, 0.1) is 34.8 Å². The average molecular weight is 326 g/mol. The largest absolute Gasteiger partial charge is 0.748 e. The maximum atomic E-state index is 9.08. The lowest BCUT2D eigenvalue weighted by atomic mass is 10.1. The van der Waals surface area contributed by atoms with E-state index in [0.29, 0.717) is 6.26 Å². The molecule has 0 fully saturated rings. The molecule has 0 radical (unpaired) electrons. The zero-order chi connectivity index (χ0) is 16.1. The number of rotatable bonds is 10. The number of unbranched alkanes of at least 4 members (excludes halogenated alkanes) is 5. The third kappa shape index (κ3) is 16.4. The Bertz CT molecular complexity index is 282. The van der Waals surface area contributed by atoms with Crippen molar-refractivity contribution in [3.8, 4) is 0 Å². The van der Waals surface area contributed by atoms with Gasteiger partial charge in [0.15, 0.2) is 0 Å². The zero-order valence-electron chi connectivity index (χ0n) is 14.2. The van der Waals surface area contributed by atoms with Gasteiger partial charge >= 0.3 is 0 Å². The monoisotopic (exact) mass is 326 g/mol. The Morgan fingerprint density at radius 3 is 1.50 bits per heavy atom. The van der Waals surface area contributed by atoms with E-state index in [1.165, 1.54) is 57.0 Å². The van der Waals surface area contributed by atoms with Crippen LogP contribution in [0.4, 0.5) is 0 Å². The van der Waals surface area contributed by atoms with E-state index in [9.17, 15) is 0 Å². The Labute approximate surface area is 128 Å². The van der Waals surface area contributed by atoms with E-state index in [2.05, 4.69) is 27.7 Å². The molecule has 124 valence electrons. The zero-order valence-corrected chi connectivity index (χ0v) is 15.9. The average Bonchev–Trinajstić information content (AvgIpc) is 2.37. The molecule has 0 unspecified atom stereocenters. The van der Waals surface area contributed by atoms with Crippen molar-refractivity contribution in [2.75, 3.05) is 30.9 Å². The van der Waals surface area contributed by atoms with Crippen LogP contribution in [0.25, 0.3) is 0 Å². The summed E-state index contributed by atoms with van der Waals surface area (Å²) in [7, 11) is -4.41. The summed E-state index contributed by atoms with van der Waals surface area (Å²) in [4.78, 5) is 0. The van der Waals surface area contributed by atoms with E-state index in [4.69, 9.17) is 13.0 Å². The normalized spacial score (nSPS) is 11.9. The highest BCUT2D eigenvalue weighted by atomic mass is 32.2. The fraction of sp³-hybridized carbons (Fsp3) is 1.00. The Morgan fingerprint density at radius 2 is 1.15 bits per heavy atom. The van der Waals surface area contributed by atoms with Crippen molar-refractivity contribution in [2.24, 2.45) is 0 Å². The van der Waals surface area contributed by atoms with Gasteiger partial charge in [-0.2, -0.15) is 0 Å². The van der Waals surface area contributed by atoms with Crippen LogP contribution in [0, 0.1) is 0 Å². The van der Waals surface area contributed by atoms with Crippen molar-refractivity contribution in [3.05, 3.63) is 0 Å².